The Morgan fingerprint density at radius 2 is 1.92 bits per heavy atom. The van der Waals surface area contributed by atoms with Gasteiger partial charge in [0.1, 0.15) is 0 Å². The van der Waals surface area contributed by atoms with E-state index in [2.05, 4.69) is 46.7 Å². The van der Waals surface area contributed by atoms with Gasteiger partial charge in [0.05, 0.1) is 18.9 Å². The molecule has 0 saturated heterocycles. The third-order valence-corrected chi connectivity index (χ3v) is 4.33. The first-order valence-corrected chi connectivity index (χ1v) is 9.29. The molecule has 0 unspecified atom stereocenters. The summed E-state index contributed by atoms with van der Waals surface area (Å²) in [4.78, 5) is 4.29. The molecular formula is C20H31N5O. The summed E-state index contributed by atoms with van der Waals surface area (Å²) in [6.07, 6.45) is 1.91. The average molecular weight is 358 g/mol. The standard InChI is InChI=1S/C20H31N5O/c1-5-18-17(19(6-2)25(4)24-18)14-23-20(21-3)22-12-13-26-15-16-10-8-7-9-11-16/h7-11H,5-6,12-15H2,1-4H3,(H2,21,22,23). The van der Waals surface area contributed by atoms with Crippen LogP contribution in [0.1, 0.15) is 36.4 Å². The second-order valence-electron chi connectivity index (χ2n) is 6.09. The zero-order valence-corrected chi connectivity index (χ0v) is 16.4. The molecule has 142 valence electrons. The minimum atomic E-state index is 0.628. The monoisotopic (exact) mass is 357 g/mol. The minimum Gasteiger partial charge on any atom is -0.375 e. The molecule has 0 spiro atoms. The van der Waals surface area contributed by atoms with Crippen molar-refractivity contribution >= 4 is 5.96 Å². The summed E-state index contributed by atoms with van der Waals surface area (Å²) >= 11 is 0. The van der Waals surface area contributed by atoms with Gasteiger partial charge in [-0.1, -0.05) is 44.2 Å². The Labute approximate surface area is 156 Å². The predicted octanol–water partition coefficient (Wildman–Crippen LogP) is 2.43. The second kappa shape index (κ2) is 10.6. The fraction of sp³-hybridized carbons (Fsp3) is 0.500. The molecule has 26 heavy (non-hydrogen) atoms. The molecule has 2 aromatic rings. The van der Waals surface area contributed by atoms with Crippen molar-refractivity contribution in [1.82, 2.24) is 20.4 Å². The number of hydrogen-bond donors (Lipinski definition) is 2. The van der Waals surface area contributed by atoms with Gasteiger partial charge in [-0.05, 0) is 18.4 Å². The Morgan fingerprint density at radius 1 is 1.15 bits per heavy atom. The highest BCUT2D eigenvalue weighted by molar-refractivity contribution is 5.79. The highest BCUT2D eigenvalue weighted by atomic mass is 16.5. The Hall–Kier alpha value is -2.34. The number of rotatable bonds is 9. The maximum atomic E-state index is 5.70. The van der Waals surface area contributed by atoms with E-state index < -0.39 is 0 Å². The number of benzene rings is 1. The Kier molecular flexibility index (Phi) is 8.15. The number of nitrogens with zero attached hydrogens (tertiary/aromatic N) is 3. The second-order valence-corrected chi connectivity index (χ2v) is 6.09. The van der Waals surface area contributed by atoms with Crippen molar-refractivity contribution in [1.29, 1.82) is 0 Å². The number of hydrogen-bond acceptors (Lipinski definition) is 3. The van der Waals surface area contributed by atoms with Gasteiger partial charge in [0, 0.05) is 38.4 Å². The molecule has 1 heterocycles. The lowest BCUT2D eigenvalue weighted by Gasteiger charge is -2.13. The Bertz CT molecular complexity index is 694. The van der Waals surface area contributed by atoms with Crippen LogP contribution in [0.25, 0.3) is 0 Å². The molecule has 0 amide bonds. The van der Waals surface area contributed by atoms with Gasteiger partial charge < -0.3 is 15.4 Å². The fourth-order valence-corrected chi connectivity index (χ4v) is 2.99. The molecule has 0 aliphatic rings. The highest BCUT2D eigenvalue weighted by Gasteiger charge is 2.13. The number of guanidine groups is 1. The van der Waals surface area contributed by atoms with E-state index in [4.69, 9.17) is 4.74 Å². The van der Waals surface area contributed by atoms with Crippen LogP contribution in [0.2, 0.25) is 0 Å². The first-order valence-electron chi connectivity index (χ1n) is 9.29. The van der Waals surface area contributed by atoms with Crippen LogP contribution < -0.4 is 10.6 Å². The summed E-state index contributed by atoms with van der Waals surface area (Å²) in [5.74, 6) is 0.779. The minimum absolute atomic E-state index is 0.628. The first-order chi connectivity index (χ1) is 12.7. The van der Waals surface area contributed by atoms with Crippen LogP contribution in [0.5, 0.6) is 0 Å². The van der Waals surface area contributed by atoms with E-state index in [1.54, 1.807) is 7.05 Å². The number of aromatic nitrogens is 2. The molecule has 2 N–H and O–H groups in total. The lowest BCUT2D eigenvalue weighted by molar-refractivity contribution is 0.125. The van der Waals surface area contributed by atoms with Crippen LogP contribution in [0.3, 0.4) is 0 Å². The fourth-order valence-electron chi connectivity index (χ4n) is 2.99. The molecule has 0 atom stereocenters. The molecule has 6 nitrogen and oxygen atoms in total. The normalized spacial score (nSPS) is 11.6. The molecule has 1 aromatic heterocycles. The summed E-state index contributed by atoms with van der Waals surface area (Å²) < 4.78 is 7.68. The highest BCUT2D eigenvalue weighted by Crippen LogP contribution is 2.15. The van der Waals surface area contributed by atoms with Crippen molar-refractivity contribution in [3.8, 4) is 0 Å². The molecule has 0 aliphatic carbocycles. The van der Waals surface area contributed by atoms with Crippen molar-refractivity contribution in [2.45, 2.75) is 39.8 Å². The average Bonchev–Trinajstić information content (AvgIpc) is 2.99. The van der Waals surface area contributed by atoms with E-state index in [0.717, 1.165) is 31.0 Å². The van der Waals surface area contributed by atoms with Gasteiger partial charge in [-0.25, -0.2) is 0 Å². The molecule has 0 fully saturated rings. The van der Waals surface area contributed by atoms with E-state index in [0.29, 0.717) is 19.8 Å². The van der Waals surface area contributed by atoms with Gasteiger partial charge in [-0.2, -0.15) is 5.10 Å². The van der Waals surface area contributed by atoms with Gasteiger partial charge >= 0.3 is 0 Å². The van der Waals surface area contributed by atoms with Crippen LogP contribution in [0, 0.1) is 0 Å². The third kappa shape index (κ3) is 5.59. The smallest absolute Gasteiger partial charge is 0.191 e. The lowest BCUT2D eigenvalue weighted by atomic mass is 10.1. The van der Waals surface area contributed by atoms with E-state index in [1.807, 2.05) is 29.9 Å². The molecule has 6 heteroatoms. The summed E-state index contributed by atoms with van der Waals surface area (Å²) in [7, 11) is 3.80. The number of aryl methyl sites for hydroxylation is 2. The zero-order valence-electron chi connectivity index (χ0n) is 16.4. The first kappa shape index (κ1) is 20.0. The quantitative estimate of drug-likeness (QED) is 0.411. The van der Waals surface area contributed by atoms with Crippen LogP contribution in [0.4, 0.5) is 0 Å². The number of nitrogens with one attached hydrogen (secondary N) is 2. The third-order valence-electron chi connectivity index (χ3n) is 4.33. The van der Waals surface area contributed by atoms with E-state index in [-0.39, 0.29) is 0 Å². The van der Waals surface area contributed by atoms with Gasteiger partial charge in [0.15, 0.2) is 5.96 Å². The molecular weight excluding hydrogens is 326 g/mol. The predicted molar refractivity (Wildman–Crippen MR) is 106 cm³/mol. The van der Waals surface area contributed by atoms with Crippen molar-refractivity contribution < 1.29 is 4.74 Å². The van der Waals surface area contributed by atoms with E-state index in [1.165, 1.54) is 16.8 Å². The van der Waals surface area contributed by atoms with Crippen molar-refractivity contribution in [3.63, 3.8) is 0 Å². The molecule has 0 saturated carbocycles. The summed E-state index contributed by atoms with van der Waals surface area (Å²) in [6, 6.07) is 10.2. The van der Waals surface area contributed by atoms with Crippen LogP contribution in [0.15, 0.2) is 35.3 Å². The maximum Gasteiger partial charge on any atom is 0.191 e. The van der Waals surface area contributed by atoms with E-state index >= 15 is 0 Å². The molecule has 0 radical (unpaired) electrons. The molecule has 2 rings (SSSR count). The van der Waals surface area contributed by atoms with Crippen LogP contribution >= 0.6 is 0 Å². The van der Waals surface area contributed by atoms with Gasteiger partial charge in [-0.3, -0.25) is 9.67 Å². The Morgan fingerprint density at radius 3 is 2.58 bits per heavy atom. The largest absolute Gasteiger partial charge is 0.375 e. The lowest BCUT2D eigenvalue weighted by Crippen LogP contribution is -2.38. The molecule has 0 bridgehead atoms. The number of ether oxygens (including phenoxy) is 1. The van der Waals surface area contributed by atoms with Gasteiger partial charge in [0.25, 0.3) is 0 Å². The van der Waals surface area contributed by atoms with Gasteiger partial charge in [0.2, 0.25) is 0 Å². The Balaban J connectivity index is 1.76. The SMILES string of the molecule is CCc1nn(C)c(CC)c1CNC(=NC)NCCOCc1ccccc1. The van der Waals surface area contributed by atoms with Crippen molar-refractivity contribution in [2.75, 3.05) is 20.2 Å². The zero-order chi connectivity index (χ0) is 18.8. The van der Waals surface area contributed by atoms with Gasteiger partial charge in [-0.15, -0.1) is 0 Å². The summed E-state index contributed by atoms with van der Waals surface area (Å²) in [6.45, 7) is 7.00. The van der Waals surface area contributed by atoms with Crippen molar-refractivity contribution in [2.24, 2.45) is 12.0 Å². The summed E-state index contributed by atoms with van der Waals surface area (Å²) in [5.41, 5.74) is 4.89. The van der Waals surface area contributed by atoms with Crippen LogP contribution in [-0.4, -0.2) is 35.9 Å². The molecule has 0 aliphatic heterocycles. The molecule has 1 aromatic carbocycles. The van der Waals surface area contributed by atoms with Crippen molar-refractivity contribution in [3.05, 3.63) is 52.8 Å². The topological polar surface area (TPSA) is 63.5 Å². The van der Waals surface area contributed by atoms with Crippen LogP contribution in [-0.2, 0) is 37.8 Å². The maximum absolute atomic E-state index is 5.70. The number of aliphatic imine (C=N–C) groups is 1. The summed E-state index contributed by atoms with van der Waals surface area (Å²) in [5, 5.41) is 11.3. The van der Waals surface area contributed by atoms with E-state index in [9.17, 15) is 0 Å².